The second-order valence-corrected chi connectivity index (χ2v) is 15.4. The molecule has 0 amide bonds. The highest BCUT2D eigenvalue weighted by atomic mass is 31.2. The number of aliphatic hydroxyl groups is 2. The molecule has 3 atom stereocenters. The molecule has 0 heterocycles. The molecule has 4 N–H and O–H groups in total. The Balaban J connectivity index is 4.20. The summed E-state index contributed by atoms with van der Waals surface area (Å²) in [6.07, 6.45) is 38.5. The van der Waals surface area contributed by atoms with Gasteiger partial charge in [-0.15, -0.1) is 0 Å². The highest BCUT2D eigenvalue weighted by Crippen LogP contribution is 2.36. The number of phosphoric ester groups is 1. The van der Waals surface area contributed by atoms with Crippen LogP contribution >= 0.6 is 7.82 Å². The average Bonchev–Trinajstić information content (AvgIpc) is 3.11. The van der Waals surface area contributed by atoms with Crippen LogP contribution in [0.25, 0.3) is 0 Å². The van der Waals surface area contributed by atoms with Gasteiger partial charge in [0.2, 0.25) is 0 Å². The van der Waals surface area contributed by atoms with E-state index >= 15 is 0 Å². The maximum Gasteiger partial charge on any atom is 0.469 e. The van der Waals surface area contributed by atoms with Crippen LogP contribution in [0.4, 0.5) is 0 Å². The lowest BCUT2D eigenvalue weighted by Gasteiger charge is -2.18. The fourth-order valence-electron chi connectivity index (χ4n) is 5.29. The number of phosphoric acid groups is 1. The van der Waals surface area contributed by atoms with Crippen molar-refractivity contribution in [3.8, 4) is 0 Å². The molecule has 0 aromatic heterocycles. The molecule has 0 bridgehead atoms. The van der Waals surface area contributed by atoms with E-state index in [1.54, 1.807) is 36.5 Å². The second-order valence-electron chi connectivity index (χ2n) is 14.1. The zero-order valence-electron chi connectivity index (χ0n) is 33.5. The van der Waals surface area contributed by atoms with Gasteiger partial charge in [0.1, 0.15) is 6.61 Å². The first kappa shape index (κ1) is 51.4. The van der Waals surface area contributed by atoms with Gasteiger partial charge in [0.05, 0.1) is 18.8 Å². The average molecular weight is 781 g/mol. The lowest BCUT2D eigenvalue weighted by atomic mass is 10.0. The molecule has 0 aromatic carbocycles. The van der Waals surface area contributed by atoms with Crippen LogP contribution in [0.1, 0.15) is 149 Å². The van der Waals surface area contributed by atoms with E-state index in [1.165, 1.54) is 57.8 Å². The Bertz CT molecular complexity index is 1150. The van der Waals surface area contributed by atoms with Gasteiger partial charge >= 0.3 is 19.8 Å². The molecule has 0 fully saturated rings. The maximum atomic E-state index is 12.4. The van der Waals surface area contributed by atoms with Gasteiger partial charge in [-0.25, -0.2) is 4.57 Å². The predicted octanol–water partition coefficient (Wildman–Crippen LogP) is 10.1. The summed E-state index contributed by atoms with van der Waals surface area (Å²) >= 11 is 0. The van der Waals surface area contributed by atoms with E-state index in [9.17, 15) is 24.4 Å². The summed E-state index contributed by atoms with van der Waals surface area (Å²) in [7, 11) is -4.80. The Morgan fingerprint density at radius 3 is 1.69 bits per heavy atom. The Kier molecular flexibility index (Phi) is 34.3. The third-order valence-corrected chi connectivity index (χ3v) is 8.83. The normalized spacial score (nSPS) is 14.5. The van der Waals surface area contributed by atoms with Gasteiger partial charge < -0.3 is 29.5 Å². The highest BCUT2D eigenvalue weighted by molar-refractivity contribution is 7.46. The van der Waals surface area contributed by atoms with E-state index in [2.05, 4.69) is 18.4 Å². The maximum absolute atomic E-state index is 12.4. The summed E-state index contributed by atoms with van der Waals surface area (Å²) in [6.45, 7) is 5.66. The molecule has 0 spiro atoms. The smallest absolute Gasteiger partial charge is 0.462 e. The molecule has 10 nitrogen and oxygen atoms in total. The first-order valence-electron chi connectivity index (χ1n) is 20.3. The minimum absolute atomic E-state index is 0.0279. The standard InChI is InChI=1S/C43H73O10P/c1-4-5-22-30-39(44)32-25-20-21-26-33-40(45)31-24-17-14-15-19-28-35-43(47)53-41(37-52-54(48,49)50)36-51-42(46)34-27-18-13-11-9-7-6-8-10-12-16-23-29-38(2)3/h5,15,17,19-22,24-26,32-33,38-41,44-45H,4,6-14,16,18,23,27-31,34-37H2,1-3H3,(H2,48,49,50)/b19-15-,21-20-,22-5-,24-17-,32-25+,33-26+/t39-,40+,41+/m0/s1. The minimum atomic E-state index is -4.80. The second kappa shape index (κ2) is 36.1. The Morgan fingerprint density at radius 1 is 0.630 bits per heavy atom. The van der Waals surface area contributed by atoms with Crippen molar-refractivity contribution >= 4 is 19.8 Å². The molecule has 0 aliphatic rings. The fourth-order valence-corrected chi connectivity index (χ4v) is 5.65. The number of carbonyl (C=O) groups is 2. The van der Waals surface area contributed by atoms with E-state index in [0.29, 0.717) is 32.1 Å². The molecule has 0 aliphatic heterocycles. The summed E-state index contributed by atoms with van der Waals surface area (Å²) < 4.78 is 26.2. The lowest BCUT2D eigenvalue weighted by molar-refractivity contribution is -0.161. The van der Waals surface area contributed by atoms with E-state index in [4.69, 9.17) is 19.3 Å². The van der Waals surface area contributed by atoms with E-state index in [-0.39, 0.29) is 19.4 Å². The van der Waals surface area contributed by atoms with Gasteiger partial charge in [-0.3, -0.25) is 14.1 Å². The van der Waals surface area contributed by atoms with Gasteiger partial charge in [-0.1, -0.05) is 171 Å². The van der Waals surface area contributed by atoms with Crippen molar-refractivity contribution < 1.29 is 48.2 Å². The SMILES string of the molecule is CC/C=C\C[C@H](O)/C=C/C=C\C=C\[C@H](O)C/C=C\C/C=C\CCC(=O)O[C@H](COC(=O)CCCCCCCCCCCCCCC(C)C)COP(=O)(O)O. The zero-order valence-corrected chi connectivity index (χ0v) is 34.4. The summed E-state index contributed by atoms with van der Waals surface area (Å²) in [6, 6.07) is 0. The predicted molar refractivity (Wildman–Crippen MR) is 219 cm³/mol. The third-order valence-electron chi connectivity index (χ3n) is 8.35. The third kappa shape index (κ3) is 39.1. The number of ether oxygens (including phenoxy) is 2. The molecular formula is C43H73O10P. The number of aliphatic hydroxyl groups excluding tert-OH is 2. The molecule has 0 aliphatic carbocycles. The van der Waals surface area contributed by atoms with Crippen molar-refractivity contribution in [2.45, 2.75) is 167 Å². The number of allylic oxidation sites excluding steroid dienone is 8. The van der Waals surface area contributed by atoms with Crippen LogP contribution in [-0.4, -0.2) is 63.5 Å². The largest absolute Gasteiger partial charge is 0.469 e. The van der Waals surface area contributed by atoms with Gasteiger partial charge in [0.15, 0.2) is 6.10 Å². The summed E-state index contributed by atoms with van der Waals surface area (Å²) in [5, 5.41) is 19.9. The van der Waals surface area contributed by atoms with E-state index in [0.717, 1.165) is 31.6 Å². The molecule has 11 heteroatoms. The highest BCUT2D eigenvalue weighted by Gasteiger charge is 2.22. The molecule has 54 heavy (non-hydrogen) atoms. The molecule has 0 rings (SSSR count). The van der Waals surface area contributed by atoms with Crippen molar-refractivity contribution in [3.05, 3.63) is 72.9 Å². The van der Waals surface area contributed by atoms with Crippen LogP contribution in [0.3, 0.4) is 0 Å². The molecule has 0 radical (unpaired) electrons. The lowest BCUT2D eigenvalue weighted by Crippen LogP contribution is -2.29. The van der Waals surface area contributed by atoms with Crippen LogP contribution in [-0.2, 0) is 28.2 Å². The molecule has 0 saturated carbocycles. The number of rotatable bonds is 35. The van der Waals surface area contributed by atoms with Gasteiger partial charge in [-0.05, 0) is 44.4 Å². The van der Waals surface area contributed by atoms with Crippen molar-refractivity contribution in [2.75, 3.05) is 13.2 Å². The summed E-state index contributed by atoms with van der Waals surface area (Å²) in [4.78, 5) is 42.8. The zero-order chi connectivity index (χ0) is 40.1. The topological polar surface area (TPSA) is 160 Å². The molecule has 0 unspecified atom stereocenters. The monoisotopic (exact) mass is 780 g/mol. The number of hydrogen-bond acceptors (Lipinski definition) is 8. The van der Waals surface area contributed by atoms with Crippen molar-refractivity contribution in [1.29, 1.82) is 0 Å². The fraction of sp³-hybridized carbons (Fsp3) is 0.674. The van der Waals surface area contributed by atoms with Crippen LogP contribution in [0.5, 0.6) is 0 Å². The van der Waals surface area contributed by atoms with Gasteiger partial charge in [-0.2, -0.15) is 0 Å². The number of hydrogen-bond donors (Lipinski definition) is 4. The molecule has 0 saturated heterocycles. The van der Waals surface area contributed by atoms with Crippen molar-refractivity contribution in [1.82, 2.24) is 0 Å². The number of esters is 2. The van der Waals surface area contributed by atoms with Crippen LogP contribution < -0.4 is 0 Å². The molecule has 0 aromatic rings. The Hall–Kier alpha value is -2.59. The molecule has 310 valence electrons. The first-order valence-corrected chi connectivity index (χ1v) is 21.8. The number of carbonyl (C=O) groups excluding carboxylic acids is 2. The summed E-state index contributed by atoms with van der Waals surface area (Å²) in [5.41, 5.74) is 0. The van der Waals surface area contributed by atoms with E-state index in [1.807, 2.05) is 43.4 Å². The summed E-state index contributed by atoms with van der Waals surface area (Å²) in [5.74, 6) is -0.250. The molecular weight excluding hydrogens is 707 g/mol. The van der Waals surface area contributed by atoms with Crippen LogP contribution in [0, 0.1) is 5.92 Å². The number of unbranched alkanes of at least 4 members (excludes halogenated alkanes) is 11. The first-order chi connectivity index (χ1) is 25.9. The van der Waals surface area contributed by atoms with Crippen LogP contribution in [0.2, 0.25) is 0 Å². The Morgan fingerprint density at radius 2 is 1.15 bits per heavy atom. The minimum Gasteiger partial charge on any atom is -0.462 e. The van der Waals surface area contributed by atoms with Crippen LogP contribution in [0.15, 0.2) is 72.9 Å². The van der Waals surface area contributed by atoms with Crippen molar-refractivity contribution in [2.24, 2.45) is 5.92 Å². The van der Waals surface area contributed by atoms with Crippen molar-refractivity contribution in [3.63, 3.8) is 0 Å². The van der Waals surface area contributed by atoms with Gasteiger partial charge in [0, 0.05) is 12.8 Å². The van der Waals surface area contributed by atoms with E-state index < -0.39 is 44.7 Å². The Labute approximate surface area is 326 Å². The van der Waals surface area contributed by atoms with Gasteiger partial charge in [0.25, 0.3) is 0 Å². The quantitative estimate of drug-likeness (QED) is 0.0160.